The van der Waals surface area contributed by atoms with E-state index in [1.807, 2.05) is 20.8 Å². The predicted molar refractivity (Wildman–Crippen MR) is 61.0 cm³/mol. The lowest BCUT2D eigenvalue weighted by Gasteiger charge is -2.36. The summed E-state index contributed by atoms with van der Waals surface area (Å²) in [5.41, 5.74) is -0.375. The normalized spacial score (nSPS) is 21.9. The van der Waals surface area contributed by atoms with Crippen molar-refractivity contribution in [3.05, 3.63) is 0 Å². The van der Waals surface area contributed by atoms with Crippen molar-refractivity contribution in [3.8, 4) is 0 Å². The van der Waals surface area contributed by atoms with Crippen LogP contribution in [-0.4, -0.2) is 35.0 Å². The van der Waals surface area contributed by atoms with Gasteiger partial charge in [0.15, 0.2) is 0 Å². The molecule has 1 atom stereocenters. The van der Waals surface area contributed by atoms with Crippen LogP contribution in [0.2, 0.25) is 0 Å². The topological polar surface area (TPSA) is 57.6 Å². The molecule has 0 bridgehead atoms. The van der Waals surface area contributed by atoms with E-state index in [-0.39, 0.29) is 17.2 Å². The molecule has 0 saturated carbocycles. The first-order valence-corrected chi connectivity index (χ1v) is 5.90. The van der Waals surface area contributed by atoms with Crippen molar-refractivity contribution in [3.63, 3.8) is 0 Å². The second kappa shape index (κ2) is 4.85. The molecule has 1 N–H and O–H groups in total. The molecule has 1 aliphatic heterocycles. The Hall–Kier alpha value is -1.06. The Labute approximate surface area is 96.6 Å². The first-order chi connectivity index (χ1) is 7.38. The van der Waals surface area contributed by atoms with Crippen LogP contribution in [0, 0.1) is 11.3 Å². The Morgan fingerprint density at radius 2 is 2.06 bits per heavy atom. The number of hydrogen-bond acceptors (Lipinski definition) is 2. The van der Waals surface area contributed by atoms with Gasteiger partial charge in [-0.15, -0.1) is 0 Å². The van der Waals surface area contributed by atoms with E-state index >= 15 is 0 Å². The smallest absolute Gasteiger partial charge is 0.308 e. The Kier molecular flexibility index (Phi) is 3.94. The molecule has 16 heavy (non-hydrogen) atoms. The zero-order chi connectivity index (χ0) is 12.3. The first-order valence-electron chi connectivity index (χ1n) is 5.90. The molecule has 1 heterocycles. The minimum atomic E-state index is -0.785. The molecular weight excluding hydrogens is 206 g/mol. The van der Waals surface area contributed by atoms with E-state index in [4.69, 9.17) is 5.11 Å². The molecule has 1 rings (SSSR count). The molecule has 1 aliphatic rings. The minimum absolute atomic E-state index is 0.0842. The molecule has 1 fully saturated rings. The molecule has 0 aromatic carbocycles. The number of likely N-dealkylation sites (tertiary alicyclic amines) is 1. The highest BCUT2D eigenvalue weighted by Crippen LogP contribution is 2.26. The van der Waals surface area contributed by atoms with Crippen molar-refractivity contribution in [2.24, 2.45) is 11.3 Å². The number of aliphatic carboxylic acids is 1. The Morgan fingerprint density at radius 3 is 2.56 bits per heavy atom. The number of amides is 1. The van der Waals surface area contributed by atoms with Gasteiger partial charge in [0.1, 0.15) is 0 Å². The molecule has 4 heteroatoms. The predicted octanol–water partition coefficient (Wildman–Crippen LogP) is 1.75. The summed E-state index contributed by atoms with van der Waals surface area (Å²) < 4.78 is 0. The molecule has 92 valence electrons. The minimum Gasteiger partial charge on any atom is -0.481 e. The van der Waals surface area contributed by atoms with Crippen LogP contribution in [-0.2, 0) is 9.59 Å². The molecule has 0 radical (unpaired) electrons. The van der Waals surface area contributed by atoms with Crippen LogP contribution >= 0.6 is 0 Å². The molecule has 0 aromatic rings. The van der Waals surface area contributed by atoms with Gasteiger partial charge in [-0.3, -0.25) is 9.59 Å². The number of carboxylic acid groups (broad SMARTS) is 1. The zero-order valence-corrected chi connectivity index (χ0v) is 10.3. The third-order valence-electron chi connectivity index (χ3n) is 3.52. The number of hydrogen-bond donors (Lipinski definition) is 1. The highest BCUT2D eigenvalue weighted by Gasteiger charge is 2.34. The number of carbonyl (C=O) groups excluding carboxylic acids is 1. The van der Waals surface area contributed by atoms with Crippen molar-refractivity contribution >= 4 is 11.9 Å². The number of piperidine rings is 1. The number of carbonyl (C=O) groups is 2. The average molecular weight is 227 g/mol. The maximum absolute atomic E-state index is 12.2. The molecule has 0 unspecified atom stereocenters. The van der Waals surface area contributed by atoms with Crippen molar-refractivity contribution in [2.45, 2.75) is 40.0 Å². The van der Waals surface area contributed by atoms with Crippen LogP contribution in [0.25, 0.3) is 0 Å². The second-order valence-corrected chi connectivity index (χ2v) is 5.17. The third kappa shape index (κ3) is 2.74. The van der Waals surface area contributed by atoms with Crippen LogP contribution in [0.4, 0.5) is 0 Å². The van der Waals surface area contributed by atoms with Crippen LogP contribution in [0.5, 0.6) is 0 Å². The van der Waals surface area contributed by atoms with Gasteiger partial charge in [-0.2, -0.15) is 0 Å². The number of rotatable bonds is 3. The largest absolute Gasteiger partial charge is 0.481 e. The van der Waals surface area contributed by atoms with Gasteiger partial charge in [0.25, 0.3) is 0 Å². The lowest BCUT2D eigenvalue weighted by molar-refractivity contribution is -0.148. The number of carboxylic acids is 1. The monoisotopic (exact) mass is 227 g/mol. The van der Waals surface area contributed by atoms with Gasteiger partial charge in [0, 0.05) is 18.5 Å². The van der Waals surface area contributed by atoms with E-state index in [1.54, 1.807) is 4.90 Å². The maximum atomic E-state index is 12.2. The standard InChI is InChI=1S/C12H21NO3/c1-4-12(2,3)11(16)13-7-5-6-9(8-13)10(14)15/h9H,4-8H2,1-3H3,(H,14,15)/t9-/m1/s1. The SMILES string of the molecule is CCC(C)(C)C(=O)N1CCC[C@@H](C(=O)O)C1. The first kappa shape index (κ1) is 13.0. The molecule has 0 aliphatic carbocycles. The van der Waals surface area contributed by atoms with Crippen LogP contribution in [0.1, 0.15) is 40.0 Å². The molecule has 1 amide bonds. The van der Waals surface area contributed by atoms with E-state index in [1.165, 1.54) is 0 Å². The van der Waals surface area contributed by atoms with Crippen LogP contribution in [0.3, 0.4) is 0 Å². The highest BCUT2D eigenvalue weighted by molar-refractivity contribution is 5.82. The maximum Gasteiger partial charge on any atom is 0.308 e. The fourth-order valence-corrected chi connectivity index (χ4v) is 1.94. The van der Waals surface area contributed by atoms with Crippen molar-refractivity contribution in [1.29, 1.82) is 0 Å². The van der Waals surface area contributed by atoms with Gasteiger partial charge in [-0.1, -0.05) is 20.8 Å². The molecule has 0 spiro atoms. The van der Waals surface area contributed by atoms with Crippen molar-refractivity contribution in [2.75, 3.05) is 13.1 Å². The van der Waals surface area contributed by atoms with Crippen molar-refractivity contribution < 1.29 is 14.7 Å². The zero-order valence-electron chi connectivity index (χ0n) is 10.3. The van der Waals surface area contributed by atoms with Gasteiger partial charge in [0.2, 0.25) is 5.91 Å². The fraction of sp³-hybridized carbons (Fsp3) is 0.833. The van der Waals surface area contributed by atoms with Gasteiger partial charge in [-0.25, -0.2) is 0 Å². The van der Waals surface area contributed by atoms with E-state index < -0.39 is 5.97 Å². The summed E-state index contributed by atoms with van der Waals surface area (Å²) in [6.07, 6.45) is 2.26. The fourth-order valence-electron chi connectivity index (χ4n) is 1.94. The quantitative estimate of drug-likeness (QED) is 0.799. The summed E-state index contributed by atoms with van der Waals surface area (Å²) >= 11 is 0. The van der Waals surface area contributed by atoms with E-state index in [0.29, 0.717) is 19.5 Å². The molecule has 1 saturated heterocycles. The summed E-state index contributed by atoms with van der Waals surface area (Å²) in [5, 5.41) is 8.96. The van der Waals surface area contributed by atoms with Crippen LogP contribution in [0.15, 0.2) is 0 Å². The average Bonchev–Trinajstić information content (AvgIpc) is 2.28. The molecule has 0 aromatic heterocycles. The lowest BCUT2D eigenvalue weighted by Crippen LogP contribution is -2.47. The molecule has 4 nitrogen and oxygen atoms in total. The molecular formula is C12H21NO3. The van der Waals surface area contributed by atoms with E-state index in [0.717, 1.165) is 12.8 Å². The summed E-state index contributed by atoms with van der Waals surface area (Å²) in [6.45, 7) is 6.89. The van der Waals surface area contributed by atoms with Gasteiger partial charge in [0.05, 0.1) is 5.92 Å². The summed E-state index contributed by atoms with van der Waals surface area (Å²) in [7, 11) is 0. The second-order valence-electron chi connectivity index (χ2n) is 5.17. The Balaban J connectivity index is 2.67. The van der Waals surface area contributed by atoms with E-state index in [2.05, 4.69) is 0 Å². The van der Waals surface area contributed by atoms with Crippen LogP contribution < -0.4 is 0 Å². The third-order valence-corrected chi connectivity index (χ3v) is 3.52. The van der Waals surface area contributed by atoms with Gasteiger partial charge >= 0.3 is 5.97 Å². The van der Waals surface area contributed by atoms with Crippen molar-refractivity contribution in [1.82, 2.24) is 4.90 Å². The lowest BCUT2D eigenvalue weighted by atomic mass is 9.87. The van der Waals surface area contributed by atoms with E-state index in [9.17, 15) is 9.59 Å². The van der Waals surface area contributed by atoms with Gasteiger partial charge in [-0.05, 0) is 19.3 Å². The van der Waals surface area contributed by atoms with Gasteiger partial charge < -0.3 is 10.0 Å². The highest BCUT2D eigenvalue weighted by atomic mass is 16.4. The number of nitrogens with zero attached hydrogens (tertiary/aromatic N) is 1. The summed E-state index contributed by atoms with van der Waals surface area (Å²) in [6, 6.07) is 0. The summed E-state index contributed by atoms with van der Waals surface area (Å²) in [4.78, 5) is 24.8. The Morgan fingerprint density at radius 1 is 1.44 bits per heavy atom. The summed E-state index contributed by atoms with van der Waals surface area (Å²) in [5.74, 6) is -1.09. The Bertz CT molecular complexity index is 286.